The lowest BCUT2D eigenvalue weighted by molar-refractivity contribution is -0.143. The first-order chi connectivity index (χ1) is 6.64. The molecule has 5 nitrogen and oxygen atoms in total. The number of nitrogens with zero attached hydrogens (tertiary/aromatic N) is 2. The molecule has 0 spiro atoms. The first kappa shape index (κ1) is 9.54. The van der Waals surface area contributed by atoms with Gasteiger partial charge >= 0.3 is 5.97 Å². The number of carboxylic acids is 1. The van der Waals surface area contributed by atoms with Gasteiger partial charge in [-0.05, 0) is 31.4 Å². The van der Waals surface area contributed by atoms with Gasteiger partial charge in [-0.1, -0.05) is 0 Å². The average molecular weight is 213 g/mol. The molecule has 76 valence electrons. The van der Waals surface area contributed by atoms with Crippen LogP contribution in [0.5, 0.6) is 0 Å². The topological polar surface area (TPSA) is 75.1 Å². The summed E-state index contributed by atoms with van der Waals surface area (Å²) in [6.45, 7) is 2.59. The molecule has 2 unspecified atom stereocenters. The third-order valence-corrected chi connectivity index (χ3v) is 3.63. The monoisotopic (exact) mass is 213 g/mol. The van der Waals surface area contributed by atoms with Crippen LogP contribution in [0.2, 0.25) is 0 Å². The van der Waals surface area contributed by atoms with Crippen molar-refractivity contribution in [3.63, 3.8) is 0 Å². The lowest BCUT2D eigenvalue weighted by Crippen LogP contribution is -2.41. The summed E-state index contributed by atoms with van der Waals surface area (Å²) >= 11 is 1.25. The predicted octanol–water partition coefficient (Wildman–Crippen LogP) is 0.447. The molecular weight excluding hydrogens is 202 g/mol. The number of carbonyl (C=O) groups is 1. The van der Waals surface area contributed by atoms with Gasteiger partial charge in [0.05, 0.1) is 11.5 Å². The predicted molar refractivity (Wildman–Crippen MR) is 51.0 cm³/mol. The molecule has 2 atom stereocenters. The fraction of sp³-hybridized carbons (Fsp3) is 0.625. The molecule has 0 bridgehead atoms. The second-order valence-electron chi connectivity index (χ2n) is 3.56. The third-order valence-electron chi connectivity index (χ3n) is 2.73. The minimum atomic E-state index is -0.771. The fourth-order valence-corrected chi connectivity index (χ4v) is 2.58. The number of aromatic nitrogens is 2. The normalized spacial score (nSPS) is 31.9. The van der Waals surface area contributed by atoms with E-state index >= 15 is 0 Å². The number of carboxylic acid groups (broad SMARTS) is 1. The molecule has 1 aliphatic rings. The van der Waals surface area contributed by atoms with Crippen molar-refractivity contribution in [2.24, 2.45) is 5.92 Å². The molecule has 2 N–H and O–H groups in total. The Balaban J connectivity index is 2.35. The molecule has 0 aromatic carbocycles. The van der Waals surface area contributed by atoms with Gasteiger partial charge in [0, 0.05) is 0 Å². The highest BCUT2D eigenvalue weighted by atomic mass is 32.1. The van der Waals surface area contributed by atoms with E-state index in [9.17, 15) is 4.79 Å². The summed E-state index contributed by atoms with van der Waals surface area (Å²) in [7, 11) is 0. The van der Waals surface area contributed by atoms with Gasteiger partial charge in [0.2, 0.25) is 0 Å². The van der Waals surface area contributed by atoms with Gasteiger partial charge in [-0.3, -0.25) is 4.79 Å². The lowest BCUT2D eigenvalue weighted by Gasteiger charge is -2.25. The molecule has 0 radical (unpaired) electrons. The molecule has 2 rings (SSSR count). The van der Waals surface area contributed by atoms with Gasteiger partial charge in [0.15, 0.2) is 0 Å². The molecule has 0 amide bonds. The van der Waals surface area contributed by atoms with E-state index in [4.69, 9.17) is 5.11 Å². The average Bonchev–Trinajstić information content (AvgIpc) is 2.71. The van der Waals surface area contributed by atoms with E-state index in [1.54, 1.807) is 0 Å². The zero-order chi connectivity index (χ0) is 10.2. The number of hydrogen-bond acceptors (Lipinski definition) is 5. The van der Waals surface area contributed by atoms with E-state index in [2.05, 4.69) is 14.7 Å². The van der Waals surface area contributed by atoms with E-state index in [-0.39, 0.29) is 0 Å². The third kappa shape index (κ3) is 1.31. The minimum Gasteiger partial charge on any atom is -0.481 e. The minimum absolute atomic E-state index is 0.407. The van der Waals surface area contributed by atoms with Crippen LogP contribution in [0.1, 0.15) is 18.4 Å². The summed E-state index contributed by atoms with van der Waals surface area (Å²) in [6, 6.07) is 0. The van der Waals surface area contributed by atoms with Gasteiger partial charge in [0.1, 0.15) is 11.3 Å². The molecule has 1 aromatic heterocycles. The summed E-state index contributed by atoms with van der Waals surface area (Å²) in [4.78, 5) is 15.1. The standard InChI is InChI=1S/C8H11N3O2S/c1-8(7-9-4-11-14-7)5(6(12)13)2-3-10-8/h4-5,10H,2-3H2,1H3,(H,12,13). The van der Waals surface area contributed by atoms with Gasteiger partial charge < -0.3 is 10.4 Å². The highest BCUT2D eigenvalue weighted by molar-refractivity contribution is 7.05. The Morgan fingerprint density at radius 2 is 2.64 bits per heavy atom. The van der Waals surface area contributed by atoms with E-state index in [0.29, 0.717) is 13.0 Å². The molecule has 0 aliphatic carbocycles. The Labute approximate surface area is 85.3 Å². The number of aliphatic carboxylic acids is 1. The maximum absolute atomic E-state index is 11.0. The molecule has 0 saturated carbocycles. The maximum Gasteiger partial charge on any atom is 0.308 e. The van der Waals surface area contributed by atoms with Crippen molar-refractivity contribution >= 4 is 17.5 Å². The van der Waals surface area contributed by atoms with Gasteiger partial charge in [0.25, 0.3) is 0 Å². The van der Waals surface area contributed by atoms with Crippen molar-refractivity contribution in [2.75, 3.05) is 6.54 Å². The van der Waals surface area contributed by atoms with Crippen LogP contribution >= 0.6 is 11.5 Å². The Hall–Kier alpha value is -1.01. The van der Waals surface area contributed by atoms with E-state index in [1.165, 1.54) is 17.9 Å². The fourth-order valence-electron chi connectivity index (χ4n) is 1.89. The van der Waals surface area contributed by atoms with Crippen molar-refractivity contribution < 1.29 is 9.90 Å². The van der Waals surface area contributed by atoms with Crippen LogP contribution in [0.15, 0.2) is 6.33 Å². The van der Waals surface area contributed by atoms with Crippen LogP contribution in [0, 0.1) is 5.92 Å². The summed E-state index contributed by atoms with van der Waals surface area (Å²) < 4.78 is 3.90. The Morgan fingerprint density at radius 1 is 1.86 bits per heavy atom. The molecule has 1 aliphatic heterocycles. The quantitative estimate of drug-likeness (QED) is 0.746. The Kier molecular flexibility index (Phi) is 2.24. The summed E-state index contributed by atoms with van der Waals surface area (Å²) in [5.74, 6) is -1.18. The molecular formula is C8H11N3O2S. The van der Waals surface area contributed by atoms with E-state index < -0.39 is 17.4 Å². The van der Waals surface area contributed by atoms with Crippen molar-refractivity contribution in [1.29, 1.82) is 0 Å². The first-order valence-electron chi connectivity index (χ1n) is 4.39. The summed E-state index contributed by atoms with van der Waals surface area (Å²) in [6.07, 6.45) is 2.11. The largest absolute Gasteiger partial charge is 0.481 e. The molecule has 1 saturated heterocycles. The number of hydrogen-bond donors (Lipinski definition) is 2. The first-order valence-corrected chi connectivity index (χ1v) is 5.17. The second-order valence-corrected chi connectivity index (χ2v) is 4.34. The summed E-state index contributed by atoms with van der Waals surface area (Å²) in [5, 5.41) is 13.0. The highest BCUT2D eigenvalue weighted by Gasteiger charge is 2.46. The number of nitrogens with one attached hydrogen (secondary N) is 1. The molecule has 14 heavy (non-hydrogen) atoms. The second kappa shape index (κ2) is 3.29. The SMILES string of the molecule is CC1(c2ncns2)NCCC1C(=O)O. The van der Waals surface area contributed by atoms with Crippen molar-refractivity contribution in [1.82, 2.24) is 14.7 Å². The zero-order valence-electron chi connectivity index (χ0n) is 7.73. The smallest absolute Gasteiger partial charge is 0.308 e. The van der Waals surface area contributed by atoms with Crippen LogP contribution in [0.25, 0.3) is 0 Å². The Bertz CT molecular complexity index is 340. The summed E-state index contributed by atoms with van der Waals surface area (Å²) in [5.41, 5.74) is -0.549. The van der Waals surface area contributed by atoms with Crippen LogP contribution in [-0.4, -0.2) is 27.0 Å². The van der Waals surface area contributed by atoms with Crippen LogP contribution < -0.4 is 5.32 Å². The Morgan fingerprint density at radius 3 is 3.21 bits per heavy atom. The van der Waals surface area contributed by atoms with Crippen molar-refractivity contribution in [3.8, 4) is 0 Å². The van der Waals surface area contributed by atoms with Crippen molar-refractivity contribution in [2.45, 2.75) is 18.9 Å². The van der Waals surface area contributed by atoms with Crippen LogP contribution in [0.4, 0.5) is 0 Å². The molecule has 6 heteroatoms. The molecule has 1 fully saturated rings. The lowest BCUT2D eigenvalue weighted by atomic mass is 9.88. The van der Waals surface area contributed by atoms with Crippen LogP contribution in [-0.2, 0) is 10.3 Å². The zero-order valence-corrected chi connectivity index (χ0v) is 8.54. The van der Waals surface area contributed by atoms with Gasteiger partial charge in [-0.25, -0.2) is 4.98 Å². The highest BCUT2D eigenvalue weighted by Crippen LogP contribution is 2.36. The van der Waals surface area contributed by atoms with Gasteiger partial charge in [-0.2, -0.15) is 4.37 Å². The van der Waals surface area contributed by atoms with E-state index in [1.807, 2.05) is 6.92 Å². The molecule has 2 heterocycles. The van der Waals surface area contributed by atoms with Crippen molar-refractivity contribution in [3.05, 3.63) is 11.3 Å². The number of rotatable bonds is 2. The molecule has 1 aromatic rings. The van der Waals surface area contributed by atoms with Crippen LogP contribution in [0.3, 0.4) is 0 Å². The maximum atomic E-state index is 11.0. The van der Waals surface area contributed by atoms with E-state index in [0.717, 1.165) is 5.01 Å². The van der Waals surface area contributed by atoms with Gasteiger partial charge in [-0.15, -0.1) is 0 Å².